The van der Waals surface area contributed by atoms with Gasteiger partial charge in [0, 0.05) is 16.5 Å². The number of hydrogen-bond donors (Lipinski definition) is 0. The number of benzene rings is 5. The molecular formula is C47H42N2O. The summed E-state index contributed by atoms with van der Waals surface area (Å²) in [4.78, 5) is 9.39. The molecule has 1 aromatic heterocycles. The van der Waals surface area contributed by atoms with Crippen molar-refractivity contribution in [2.75, 3.05) is 0 Å². The average Bonchev–Trinajstić information content (AvgIpc) is 3.39. The van der Waals surface area contributed by atoms with Crippen molar-refractivity contribution in [2.24, 2.45) is 0 Å². The molecule has 0 unspecified atom stereocenters. The summed E-state index contributed by atoms with van der Waals surface area (Å²) in [5.41, 5.74) is 15.5. The highest BCUT2D eigenvalue weighted by atomic mass is 16.5. The van der Waals surface area contributed by atoms with Crippen LogP contribution < -0.4 is 4.74 Å². The van der Waals surface area contributed by atoms with Gasteiger partial charge in [-0.25, -0.2) is 9.97 Å². The van der Waals surface area contributed by atoms with Crippen LogP contribution in [0.4, 0.5) is 0 Å². The third-order valence-electron chi connectivity index (χ3n) is 9.87. The number of aromatic nitrogens is 2. The van der Waals surface area contributed by atoms with Crippen LogP contribution in [0.3, 0.4) is 0 Å². The Kier molecular flexibility index (Phi) is 8.91. The van der Waals surface area contributed by atoms with Gasteiger partial charge >= 0.3 is 0 Å². The maximum atomic E-state index is 6.03. The summed E-state index contributed by atoms with van der Waals surface area (Å²) < 4.78 is 6.03. The van der Waals surface area contributed by atoms with E-state index in [1.807, 2.05) is 43.3 Å². The predicted octanol–water partition coefficient (Wildman–Crippen LogP) is 11.9. The molecule has 0 radical (unpaired) electrons. The Morgan fingerprint density at radius 3 is 2.04 bits per heavy atom. The molecule has 246 valence electrons. The quantitative estimate of drug-likeness (QED) is 0.191. The number of ether oxygens (including phenoxy) is 1. The van der Waals surface area contributed by atoms with Crippen molar-refractivity contribution in [3.05, 3.63) is 191 Å². The van der Waals surface area contributed by atoms with E-state index in [-0.39, 0.29) is 5.41 Å². The lowest BCUT2D eigenvalue weighted by Gasteiger charge is -2.22. The molecule has 0 atom stereocenters. The normalized spacial score (nSPS) is 16.3. The number of allylic oxidation sites excluding steroid dienone is 4. The summed E-state index contributed by atoms with van der Waals surface area (Å²) >= 11 is 0. The van der Waals surface area contributed by atoms with E-state index in [0.717, 1.165) is 46.1 Å². The molecule has 0 N–H and O–H groups in total. The van der Waals surface area contributed by atoms with E-state index in [4.69, 9.17) is 9.72 Å². The minimum Gasteiger partial charge on any atom is -0.457 e. The summed E-state index contributed by atoms with van der Waals surface area (Å²) in [6.45, 7) is 14.9. The molecule has 0 fully saturated rings. The fourth-order valence-electron chi connectivity index (χ4n) is 7.06. The van der Waals surface area contributed by atoms with Crippen LogP contribution in [-0.4, -0.2) is 9.97 Å². The van der Waals surface area contributed by atoms with Crippen molar-refractivity contribution in [3.63, 3.8) is 0 Å². The van der Waals surface area contributed by atoms with Crippen LogP contribution in [0.5, 0.6) is 5.75 Å². The molecule has 50 heavy (non-hydrogen) atoms. The fraction of sp³-hybridized carbons (Fsp3) is 0.149. The van der Waals surface area contributed by atoms with Gasteiger partial charge in [-0.15, -0.1) is 0 Å². The first kappa shape index (κ1) is 32.7. The third kappa shape index (κ3) is 6.35. The number of nitrogens with zero attached hydrogens (tertiary/aromatic N) is 2. The first-order chi connectivity index (χ1) is 24.2. The molecule has 3 nitrogen and oxygen atoms in total. The van der Waals surface area contributed by atoms with E-state index in [2.05, 4.69) is 142 Å². The van der Waals surface area contributed by atoms with Crippen LogP contribution in [0.15, 0.2) is 157 Å². The molecule has 8 rings (SSSR count). The second-order valence-electron chi connectivity index (χ2n) is 13.6. The van der Waals surface area contributed by atoms with Crippen LogP contribution in [0.1, 0.15) is 54.4 Å². The molecule has 5 aromatic carbocycles. The van der Waals surface area contributed by atoms with Crippen LogP contribution in [-0.2, 0) is 11.8 Å². The number of aryl methyl sites for hydroxylation is 2. The van der Waals surface area contributed by atoms with Crippen molar-refractivity contribution in [1.82, 2.24) is 9.97 Å². The molecular weight excluding hydrogens is 609 g/mol. The van der Waals surface area contributed by atoms with E-state index < -0.39 is 0 Å². The second kappa shape index (κ2) is 13.6. The molecule has 2 aliphatic rings. The van der Waals surface area contributed by atoms with E-state index in [9.17, 15) is 0 Å². The smallest absolute Gasteiger partial charge is 0.130 e. The van der Waals surface area contributed by atoms with E-state index >= 15 is 0 Å². The summed E-state index contributed by atoms with van der Waals surface area (Å²) in [5, 5.41) is 0. The van der Waals surface area contributed by atoms with Crippen molar-refractivity contribution in [3.8, 4) is 39.4 Å². The predicted molar refractivity (Wildman–Crippen MR) is 208 cm³/mol. The molecule has 0 amide bonds. The summed E-state index contributed by atoms with van der Waals surface area (Å²) in [7, 11) is 0. The zero-order valence-electron chi connectivity index (χ0n) is 29.5. The van der Waals surface area contributed by atoms with Gasteiger partial charge in [-0.3, -0.25) is 0 Å². The van der Waals surface area contributed by atoms with Gasteiger partial charge < -0.3 is 4.74 Å². The van der Waals surface area contributed by atoms with Gasteiger partial charge in [0.15, 0.2) is 0 Å². The lowest BCUT2D eigenvalue weighted by molar-refractivity contribution is 0.435. The Hall–Kier alpha value is -5.80. The Morgan fingerprint density at radius 2 is 1.26 bits per heavy atom. The zero-order chi connectivity index (χ0) is 34.8. The first-order valence-corrected chi connectivity index (χ1v) is 17.2. The first-order valence-electron chi connectivity index (χ1n) is 17.2. The van der Waals surface area contributed by atoms with Gasteiger partial charge in [0.1, 0.15) is 17.3 Å². The third-order valence-corrected chi connectivity index (χ3v) is 9.87. The van der Waals surface area contributed by atoms with Crippen molar-refractivity contribution in [1.29, 1.82) is 0 Å². The maximum Gasteiger partial charge on any atom is 0.130 e. The Morgan fingerprint density at radius 1 is 0.620 bits per heavy atom. The number of rotatable bonds is 3. The topological polar surface area (TPSA) is 35.0 Å². The van der Waals surface area contributed by atoms with Gasteiger partial charge in [-0.1, -0.05) is 142 Å². The highest BCUT2D eigenvalue weighted by molar-refractivity contribution is 5.84. The van der Waals surface area contributed by atoms with Crippen molar-refractivity contribution in [2.45, 2.75) is 46.5 Å². The van der Waals surface area contributed by atoms with Gasteiger partial charge in [0.05, 0.1) is 11.4 Å². The highest BCUT2D eigenvalue weighted by Gasteiger charge is 2.35. The molecule has 0 bridgehead atoms. The summed E-state index contributed by atoms with van der Waals surface area (Å²) in [5.74, 6) is 2.39. The number of para-hydroxylation sites is 1. The summed E-state index contributed by atoms with van der Waals surface area (Å²) in [6.07, 6.45) is 5.24. The Balaban J connectivity index is 0.000000162. The van der Waals surface area contributed by atoms with Gasteiger partial charge in [-0.2, -0.15) is 0 Å². The average molecular weight is 651 g/mol. The molecule has 3 heteroatoms. The van der Waals surface area contributed by atoms with Gasteiger partial charge in [-0.05, 0) is 95.5 Å². The molecule has 1 aliphatic heterocycles. The van der Waals surface area contributed by atoms with Crippen LogP contribution in [0.25, 0.3) is 39.2 Å². The lowest BCUT2D eigenvalue weighted by atomic mass is 9.82. The molecule has 0 saturated heterocycles. The van der Waals surface area contributed by atoms with E-state index in [0.29, 0.717) is 5.76 Å². The molecule has 0 spiro atoms. The zero-order valence-corrected chi connectivity index (χ0v) is 29.5. The monoisotopic (exact) mass is 650 g/mol. The number of fused-ring (bicyclic) bond motifs is 4. The van der Waals surface area contributed by atoms with Crippen molar-refractivity contribution >= 4 is 5.57 Å². The molecule has 0 saturated carbocycles. The van der Waals surface area contributed by atoms with Crippen LogP contribution in [0.2, 0.25) is 0 Å². The largest absolute Gasteiger partial charge is 0.457 e. The van der Waals surface area contributed by atoms with Crippen LogP contribution in [0, 0.1) is 13.8 Å². The minimum atomic E-state index is -0.00767. The summed E-state index contributed by atoms with van der Waals surface area (Å²) in [6, 6.07) is 44.4. The maximum absolute atomic E-state index is 6.03. The van der Waals surface area contributed by atoms with Crippen LogP contribution >= 0.6 is 0 Å². The minimum absolute atomic E-state index is 0.00767. The Labute approximate surface area is 296 Å². The highest BCUT2D eigenvalue weighted by Crippen LogP contribution is 2.49. The molecule has 2 heterocycles. The van der Waals surface area contributed by atoms with Crippen molar-refractivity contribution < 1.29 is 4.74 Å². The lowest BCUT2D eigenvalue weighted by Crippen LogP contribution is -2.14. The SMILES string of the molecule is C=C1Oc2ccccc2C/C=C\C(c2ccccc2C)=C/1C.Cc1nc(-c2ccccc2)cc(-c2ccc3c(c2)C(C)(C)c2ccccc2-3)n1. The standard InChI is InChI=1S/C26H22N2.C21H20O/c1-17-27-24(18-9-5-4-6-10-18)16-25(28-17)19-13-14-21-20-11-7-8-12-22(20)26(2,3)23(21)15-19;1-15-9-4-6-12-19(15)20-13-8-11-18-10-5-7-14-21(18)22-17(3)16(20)2/h4-16H,1-3H3;4-10,12-14H,3,11H2,1-2H3/b;13-8-,20-16+. The van der Waals surface area contributed by atoms with Gasteiger partial charge in [0.25, 0.3) is 0 Å². The van der Waals surface area contributed by atoms with E-state index in [1.54, 1.807) is 0 Å². The molecule has 1 aliphatic carbocycles. The number of hydrogen-bond acceptors (Lipinski definition) is 3. The van der Waals surface area contributed by atoms with Gasteiger partial charge in [0.2, 0.25) is 0 Å². The van der Waals surface area contributed by atoms with E-state index in [1.165, 1.54) is 44.5 Å². The fourth-order valence-corrected chi connectivity index (χ4v) is 7.06. The molecule has 6 aromatic rings. The Bertz CT molecular complexity index is 2290. The second-order valence-corrected chi connectivity index (χ2v) is 13.6.